The van der Waals surface area contributed by atoms with Gasteiger partial charge in [0.25, 0.3) is 0 Å². The van der Waals surface area contributed by atoms with Crippen LogP contribution in [0.3, 0.4) is 0 Å². The van der Waals surface area contributed by atoms with Gasteiger partial charge in [-0.15, -0.1) is 0 Å². The summed E-state index contributed by atoms with van der Waals surface area (Å²) in [5.74, 6) is 0. The van der Waals surface area contributed by atoms with Crippen molar-refractivity contribution < 1.29 is 0 Å². The van der Waals surface area contributed by atoms with Crippen LogP contribution in [0.25, 0.3) is 0 Å². The summed E-state index contributed by atoms with van der Waals surface area (Å²) in [7, 11) is 3.55. The predicted octanol–water partition coefficient (Wildman–Crippen LogP) is 0.442. The summed E-state index contributed by atoms with van der Waals surface area (Å²) in [5.41, 5.74) is 1.37. The van der Waals surface area contributed by atoms with Crippen molar-refractivity contribution in [1.82, 2.24) is 0 Å². The Hall–Kier alpha value is -0.498. The number of rotatable bonds is 1. The van der Waals surface area contributed by atoms with Gasteiger partial charge in [-0.25, -0.2) is 0 Å². The Morgan fingerprint density at radius 3 is 2.20 bits per heavy atom. The zero-order valence-electron chi connectivity index (χ0n) is 6.39. The third-order valence-electron chi connectivity index (χ3n) is 1.58. The molecule has 0 bridgehead atoms. The van der Waals surface area contributed by atoms with Crippen LogP contribution in [0.5, 0.6) is 0 Å². The van der Waals surface area contributed by atoms with E-state index in [1.165, 1.54) is 10.6 Å². The van der Waals surface area contributed by atoms with E-state index in [2.05, 4.69) is 42.1 Å². The van der Waals surface area contributed by atoms with Gasteiger partial charge in [0.2, 0.25) is 0 Å². The molecule has 0 nitrogen and oxygen atoms in total. The summed E-state index contributed by atoms with van der Waals surface area (Å²) in [6.07, 6.45) is 0. The first-order valence-electron chi connectivity index (χ1n) is 3.52. The second kappa shape index (κ2) is 3.06. The van der Waals surface area contributed by atoms with Crippen molar-refractivity contribution in [2.24, 2.45) is 0 Å². The molecule has 1 rings (SSSR count). The summed E-state index contributed by atoms with van der Waals surface area (Å²) in [5, 5.41) is 1.21. The molecule has 0 unspecified atom stereocenters. The molecule has 0 aliphatic carbocycles. The molecular formula is C8H10BSi. The predicted molar refractivity (Wildman–Crippen MR) is 48.9 cm³/mol. The van der Waals surface area contributed by atoms with Gasteiger partial charge < -0.3 is 0 Å². The standard InChI is InChI=1S/C8H10BSi/c1-9(2)7-5-3-4-6-8(7)10/h3-6H,1-2H3. The largest absolute Gasteiger partial charge is 0.169 e. The van der Waals surface area contributed by atoms with Crippen LogP contribution in [0.2, 0.25) is 13.6 Å². The van der Waals surface area contributed by atoms with Crippen molar-refractivity contribution in [1.29, 1.82) is 0 Å². The normalized spacial score (nSPS) is 9.50. The van der Waals surface area contributed by atoms with Gasteiger partial charge in [-0.1, -0.05) is 48.6 Å². The van der Waals surface area contributed by atoms with E-state index in [1.807, 2.05) is 6.07 Å². The highest BCUT2D eigenvalue weighted by Crippen LogP contribution is 1.83. The second-order valence-corrected chi connectivity index (χ2v) is 3.28. The molecule has 0 atom stereocenters. The van der Waals surface area contributed by atoms with E-state index in [-0.39, 0.29) is 0 Å². The highest BCUT2D eigenvalue weighted by Gasteiger charge is 2.03. The maximum Gasteiger partial charge on any atom is 0.169 e. The molecule has 0 spiro atoms. The molecule has 0 aliphatic heterocycles. The average molecular weight is 145 g/mol. The molecule has 0 fully saturated rings. The fourth-order valence-electron chi connectivity index (χ4n) is 1.00. The Morgan fingerprint density at radius 2 is 1.80 bits per heavy atom. The van der Waals surface area contributed by atoms with Crippen LogP contribution in [0.15, 0.2) is 24.3 Å². The molecule has 0 aromatic heterocycles. The Morgan fingerprint density at radius 1 is 1.20 bits per heavy atom. The molecule has 1 aromatic rings. The van der Waals surface area contributed by atoms with E-state index < -0.39 is 0 Å². The first kappa shape index (κ1) is 7.61. The first-order valence-corrected chi connectivity index (χ1v) is 4.02. The fraction of sp³-hybridized carbons (Fsp3) is 0.250. The molecule has 0 heterocycles. The highest BCUT2D eigenvalue weighted by atomic mass is 28.1. The first-order chi connectivity index (χ1) is 4.72. The van der Waals surface area contributed by atoms with Crippen LogP contribution >= 0.6 is 0 Å². The van der Waals surface area contributed by atoms with Gasteiger partial charge in [0, 0.05) is 0 Å². The van der Waals surface area contributed by atoms with E-state index in [0.717, 1.165) is 0 Å². The van der Waals surface area contributed by atoms with Gasteiger partial charge in [-0.05, 0) is 0 Å². The summed E-state index contributed by atoms with van der Waals surface area (Å²) < 4.78 is 0. The zero-order chi connectivity index (χ0) is 7.56. The molecule has 0 aliphatic rings. The SMILES string of the molecule is CB(C)c1ccccc1[Si]. The summed E-state index contributed by atoms with van der Waals surface area (Å²) in [4.78, 5) is 0. The van der Waals surface area contributed by atoms with Gasteiger partial charge in [0.15, 0.2) is 6.71 Å². The fourth-order valence-corrected chi connectivity index (χ4v) is 1.47. The maximum atomic E-state index is 3.55. The Bertz CT molecular complexity index is 220. The molecular weight excluding hydrogens is 135 g/mol. The van der Waals surface area contributed by atoms with Crippen molar-refractivity contribution in [2.75, 3.05) is 0 Å². The lowest BCUT2D eigenvalue weighted by Crippen LogP contribution is -2.36. The van der Waals surface area contributed by atoms with Crippen molar-refractivity contribution in [3.63, 3.8) is 0 Å². The Balaban J connectivity index is 3.03. The van der Waals surface area contributed by atoms with Gasteiger partial charge in [0.05, 0.1) is 10.2 Å². The molecule has 0 saturated carbocycles. The number of hydrogen-bond acceptors (Lipinski definition) is 0. The topological polar surface area (TPSA) is 0 Å². The number of hydrogen-bond donors (Lipinski definition) is 0. The highest BCUT2D eigenvalue weighted by molar-refractivity contribution is 6.74. The summed E-state index contributed by atoms with van der Waals surface area (Å²) in [6.45, 7) is 4.99. The van der Waals surface area contributed by atoms with Crippen LogP contribution in [-0.4, -0.2) is 17.0 Å². The molecule has 0 amide bonds. The van der Waals surface area contributed by atoms with Gasteiger partial charge >= 0.3 is 0 Å². The van der Waals surface area contributed by atoms with Crippen molar-refractivity contribution in [3.05, 3.63) is 24.3 Å². The van der Waals surface area contributed by atoms with Crippen molar-refractivity contribution in [3.8, 4) is 0 Å². The van der Waals surface area contributed by atoms with E-state index in [1.54, 1.807) is 0 Å². The summed E-state index contributed by atoms with van der Waals surface area (Å²) >= 11 is 0. The van der Waals surface area contributed by atoms with Gasteiger partial charge in [-0.2, -0.15) is 0 Å². The lowest BCUT2D eigenvalue weighted by molar-refractivity contribution is 1.79. The minimum absolute atomic E-state index is 0.605. The summed E-state index contributed by atoms with van der Waals surface area (Å²) in [6, 6.07) is 8.33. The average Bonchev–Trinajstić information content (AvgIpc) is 1.88. The molecule has 10 heavy (non-hydrogen) atoms. The molecule has 3 radical (unpaired) electrons. The van der Waals surface area contributed by atoms with Crippen LogP contribution in [0.4, 0.5) is 0 Å². The molecule has 49 valence electrons. The minimum Gasteiger partial charge on any atom is -0.0822 e. The van der Waals surface area contributed by atoms with E-state index in [4.69, 9.17) is 0 Å². The van der Waals surface area contributed by atoms with Crippen LogP contribution in [0, 0.1) is 0 Å². The molecule has 0 N–H and O–H groups in total. The minimum atomic E-state index is 0.605. The van der Waals surface area contributed by atoms with Crippen molar-refractivity contribution in [2.45, 2.75) is 13.6 Å². The lowest BCUT2D eigenvalue weighted by Gasteiger charge is -2.04. The monoisotopic (exact) mass is 145 g/mol. The molecule has 2 heteroatoms. The quantitative estimate of drug-likeness (QED) is 0.503. The Kier molecular flexibility index (Phi) is 2.33. The number of benzene rings is 1. The maximum absolute atomic E-state index is 3.55. The van der Waals surface area contributed by atoms with Crippen molar-refractivity contribution >= 4 is 27.6 Å². The third-order valence-corrected chi connectivity index (χ3v) is 2.04. The van der Waals surface area contributed by atoms with Gasteiger partial charge in [-0.3, -0.25) is 0 Å². The van der Waals surface area contributed by atoms with Crippen LogP contribution in [0.1, 0.15) is 0 Å². The molecule has 1 aromatic carbocycles. The lowest BCUT2D eigenvalue weighted by atomic mass is 9.49. The molecule has 0 saturated heterocycles. The van der Waals surface area contributed by atoms with E-state index in [0.29, 0.717) is 6.71 Å². The van der Waals surface area contributed by atoms with Crippen LogP contribution in [-0.2, 0) is 0 Å². The van der Waals surface area contributed by atoms with E-state index >= 15 is 0 Å². The smallest absolute Gasteiger partial charge is 0.0822 e. The van der Waals surface area contributed by atoms with E-state index in [9.17, 15) is 0 Å². The second-order valence-electron chi connectivity index (χ2n) is 2.74. The zero-order valence-corrected chi connectivity index (χ0v) is 7.39. The Labute approximate surface area is 66.2 Å². The van der Waals surface area contributed by atoms with Gasteiger partial charge in [0.1, 0.15) is 0 Å². The van der Waals surface area contributed by atoms with Crippen LogP contribution < -0.4 is 10.6 Å². The third kappa shape index (κ3) is 1.51.